The molecule has 2 aliphatic rings. The number of anilines is 1. The van der Waals surface area contributed by atoms with Crippen LogP contribution < -0.4 is 15.7 Å². The van der Waals surface area contributed by atoms with Gasteiger partial charge in [0.25, 0.3) is 5.91 Å². The van der Waals surface area contributed by atoms with Crippen molar-refractivity contribution in [3.05, 3.63) is 68.9 Å². The Hall–Kier alpha value is -3.20. The van der Waals surface area contributed by atoms with E-state index in [-0.39, 0.29) is 45.1 Å². The van der Waals surface area contributed by atoms with Gasteiger partial charge in [0.05, 0.1) is 22.4 Å². The fourth-order valence-corrected chi connectivity index (χ4v) is 4.65. The van der Waals surface area contributed by atoms with Crippen molar-refractivity contribution in [3.63, 3.8) is 0 Å². The molecule has 1 aromatic heterocycles. The molecule has 3 aromatic rings. The van der Waals surface area contributed by atoms with Crippen LogP contribution in [0.1, 0.15) is 56.2 Å². The summed E-state index contributed by atoms with van der Waals surface area (Å²) in [6.07, 6.45) is 3.49. The first-order chi connectivity index (χ1) is 17.1. The van der Waals surface area contributed by atoms with E-state index in [2.05, 4.69) is 10.4 Å². The van der Waals surface area contributed by atoms with E-state index in [0.29, 0.717) is 18.8 Å². The van der Waals surface area contributed by atoms with Crippen molar-refractivity contribution in [3.8, 4) is 11.4 Å². The van der Waals surface area contributed by atoms with Crippen LogP contribution in [0.15, 0.2) is 35.1 Å². The van der Waals surface area contributed by atoms with Crippen molar-refractivity contribution in [1.82, 2.24) is 14.3 Å². The third-order valence-corrected chi connectivity index (χ3v) is 7.58. The molecule has 0 unspecified atom stereocenters. The normalized spacial score (nSPS) is 16.6. The first-order valence-electron chi connectivity index (χ1n) is 12.0. The van der Waals surface area contributed by atoms with Gasteiger partial charge in [0, 0.05) is 19.0 Å². The van der Waals surface area contributed by atoms with Gasteiger partial charge < -0.3 is 10.1 Å². The molecular weight excluding hydrogens is 490 g/mol. The van der Waals surface area contributed by atoms with Crippen molar-refractivity contribution in [1.29, 1.82) is 0 Å². The van der Waals surface area contributed by atoms with Gasteiger partial charge in [-0.2, -0.15) is 4.68 Å². The van der Waals surface area contributed by atoms with E-state index in [4.69, 9.17) is 16.3 Å². The molecule has 10 heteroatoms. The fourth-order valence-electron chi connectivity index (χ4n) is 4.44. The summed E-state index contributed by atoms with van der Waals surface area (Å²) in [7, 11) is 0. The van der Waals surface area contributed by atoms with Crippen LogP contribution in [0.5, 0.6) is 5.75 Å². The predicted octanol–water partition coefficient (Wildman–Crippen LogP) is 5.37. The maximum absolute atomic E-state index is 15.4. The van der Waals surface area contributed by atoms with Gasteiger partial charge in [-0.25, -0.2) is 13.6 Å². The Bertz CT molecular complexity index is 1390. The summed E-state index contributed by atoms with van der Waals surface area (Å²) in [6.45, 7) is 6.25. The van der Waals surface area contributed by atoms with Crippen LogP contribution in [-0.4, -0.2) is 26.4 Å². The highest BCUT2D eigenvalue weighted by atomic mass is 35.5. The van der Waals surface area contributed by atoms with Crippen LogP contribution in [0.3, 0.4) is 0 Å². The lowest BCUT2D eigenvalue weighted by Crippen LogP contribution is -2.29. The number of para-hydroxylation sites is 1. The highest BCUT2D eigenvalue weighted by molar-refractivity contribution is 6.34. The monoisotopic (exact) mass is 516 g/mol. The minimum atomic E-state index is -0.831. The molecule has 0 bridgehead atoms. The minimum absolute atomic E-state index is 0.00189. The topological polar surface area (TPSA) is 78.2 Å². The van der Waals surface area contributed by atoms with Gasteiger partial charge in [0.1, 0.15) is 28.9 Å². The summed E-state index contributed by atoms with van der Waals surface area (Å²) in [5.41, 5.74) is -0.697. The SMILES string of the molecule is CC(C)[C@H](C)Oc1cc(-n2nc3n(c2=O)CCC2(CC2)C3)c(F)cc1C(=O)Nc1c(F)cccc1Cl. The molecule has 7 nitrogen and oxygen atoms in total. The summed E-state index contributed by atoms with van der Waals surface area (Å²) in [6, 6.07) is 6.28. The van der Waals surface area contributed by atoms with E-state index >= 15 is 4.39 Å². The summed E-state index contributed by atoms with van der Waals surface area (Å²) < 4.78 is 38.3. The number of rotatable bonds is 6. The number of nitrogens with one attached hydrogen (secondary N) is 1. The van der Waals surface area contributed by atoms with Crippen LogP contribution in [0.2, 0.25) is 5.02 Å². The zero-order valence-electron chi connectivity index (χ0n) is 20.3. The largest absolute Gasteiger partial charge is 0.490 e. The zero-order valence-corrected chi connectivity index (χ0v) is 21.0. The lowest BCUT2D eigenvalue weighted by Gasteiger charge is -2.21. The third-order valence-electron chi connectivity index (χ3n) is 7.27. The second-order valence-electron chi connectivity index (χ2n) is 10.1. The number of aromatic nitrogens is 3. The molecule has 1 fully saturated rings. The van der Waals surface area contributed by atoms with Crippen LogP contribution in [0.25, 0.3) is 5.69 Å². The number of benzene rings is 2. The molecule has 1 N–H and O–H groups in total. The standard InChI is InChI=1S/C26H27ClF2N4O3/c1-14(2)15(3)36-21-12-20(33-25(35)32-10-9-26(7-8-26)13-22(32)31-33)19(29)11-16(21)24(34)30-23-17(27)5-4-6-18(23)28/h4-6,11-12,14-15H,7-10,13H2,1-3H3,(H,30,34)/t15-/m0/s1. The second kappa shape index (κ2) is 9.03. The fraction of sp³-hybridized carbons (Fsp3) is 0.423. The number of nitrogens with zero attached hydrogens (tertiary/aromatic N) is 3. The molecule has 1 atom stereocenters. The number of carbonyl (C=O) groups excluding carboxylic acids is 1. The third kappa shape index (κ3) is 4.40. The van der Waals surface area contributed by atoms with Crippen molar-refractivity contribution >= 4 is 23.2 Å². The molecule has 1 saturated carbocycles. The van der Waals surface area contributed by atoms with Gasteiger partial charge in [0.15, 0.2) is 0 Å². The van der Waals surface area contributed by atoms with Gasteiger partial charge in [0.2, 0.25) is 0 Å². The lowest BCUT2D eigenvalue weighted by atomic mass is 9.95. The highest BCUT2D eigenvalue weighted by Gasteiger charge is 2.46. The first kappa shape index (κ1) is 24.5. The van der Waals surface area contributed by atoms with Crippen molar-refractivity contribution < 1.29 is 18.3 Å². The molecule has 1 spiro atoms. The average Bonchev–Trinajstić information content (AvgIpc) is 3.50. The molecule has 1 amide bonds. The molecule has 2 aromatic carbocycles. The molecule has 1 aliphatic carbocycles. The van der Waals surface area contributed by atoms with Crippen LogP contribution in [0, 0.1) is 23.0 Å². The van der Waals surface area contributed by atoms with Crippen LogP contribution in [-0.2, 0) is 13.0 Å². The van der Waals surface area contributed by atoms with Crippen molar-refractivity contribution in [2.24, 2.45) is 11.3 Å². The molecule has 1 aliphatic heterocycles. The number of hydrogen-bond acceptors (Lipinski definition) is 4. The average molecular weight is 517 g/mol. The number of amides is 1. The molecule has 5 rings (SSSR count). The van der Waals surface area contributed by atoms with Gasteiger partial charge in [-0.3, -0.25) is 9.36 Å². The van der Waals surface area contributed by atoms with Gasteiger partial charge in [-0.05, 0) is 55.7 Å². The first-order valence-corrected chi connectivity index (χ1v) is 12.4. The Morgan fingerprint density at radius 1 is 1.17 bits per heavy atom. The number of halogens is 3. The summed E-state index contributed by atoms with van der Waals surface area (Å²) >= 11 is 6.05. The van der Waals surface area contributed by atoms with E-state index in [1.54, 1.807) is 4.57 Å². The lowest BCUT2D eigenvalue weighted by molar-refractivity contribution is 0.101. The number of carbonyl (C=O) groups is 1. The molecule has 36 heavy (non-hydrogen) atoms. The molecule has 2 heterocycles. The van der Waals surface area contributed by atoms with Crippen LogP contribution in [0.4, 0.5) is 14.5 Å². The maximum Gasteiger partial charge on any atom is 0.350 e. The quantitative estimate of drug-likeness (QED) is 0.478. The van der Waals surface area contributed by atoms with E-state index in [1.807, 2.05) is 20.8 Å². The van der Waals surface area contributed by atoms with E-state index < -0.39 is 23.2 Å². The molecule has 0 radical (unpaired) electrons. The van der Waals surface area contributed by atoms with Gasteiger partial charge in [-0.1, -0.05) is 31.5 Å². The van der Waals surface area contributed by atoms with E-state index in [0.717, 1.165) is 36.1 Å². The zero-order chi connectivity index (χ0) is 25.8. The summed E-state index contributed by atoms with van der Waals surface area (Å²) in [4.78, 5) is 26.2. The smallest absolute Gasteiger partial charge is 0.350 e. The summed E-state index contributed by atoms with van der Waals surface area (Å²) in [5.74, 6) is -1.60. The molecule has 190 valence electrons. The van der Waals surface area contributed by atoms with Crippen LogP contribution >= 0.6 is 11.6 Å². The Morgan fingerprint density at radius 2 is 1.92 bits per heavy atom. The Balaban J connectivity index is 1.56. The predicted molar refractivity (Wildman–Crippen MR) is 132 cm³/mol. The highest BCUT2D eigenvalue weighted by Crippen LogP contribution is 2.53. The van der Waals surface area contributed by atoms with Gasteiger partial charge >= 0.3 is 5.69 Å². The van der Waals surface area contributed by atoms with Gasteiger partial charge in [-0.15, -0.1) is 5.10 Å². The van der Waals surface area contributed by atoms with E-state index in [1.165, 1.54) is 18.2 Å². The number of fused-ring (bicyclic) bond motifs is 1. The Labute approximate surface area is 212 Å². The van der Waals surface area contributed by atoms with Crippen molar-refractivity contribution in [2.75, 3.05) is 5.32 Å². The molecular formula is C26H27ClF2N4O3. The minimum Gasteiger partial charge on any atom is -0.490 e. The Morgan fingerprint density at radius 3 is 2.58 bits per heavy atom. The number of ether oxygens (including phenoxy) is 1. The Kier molecular flexibility index (Phi) is 6.14. The maximum atomic E-state index is 15.4. The summed E-state index contributed by atoms with van der Waals surface area (Å²) in [5, 5.41) is 6.85. The van der Waals surface area contributed by atoms with Crippen molar-refractivity contribution in [2.45, 2.75) is 59.1 Å². The van der Waals surface area contributed by atoms with E-state index in [9.17, 15) is 14.0 Å². The second-order valence-corrected chi connectivity index (χ2v) is 10.5. The molecule has 0 saturated heterocycles. The number of hydrogen-bond donors (Lipinski definition) is 1.